The Hall–Kier alpha value is -2.48. The van der Waals surface area contributed by atoms with E-state index in [4.69, 9.17) is 5.10 Å². The summed E-state index contributed by atoms with van der Waals surface area (Å²) in [5.74, 6) is 2.22. The van der Waals surface area contributed by atoms with Crippen molar-refractivity contribution in [3.8, 4) is 0 Å². The highest BCUT2D eigenvalue weighted by Crippen LogP contribution is 2.36. The average molecular weight is 457 g/mol. The van der Waals surface area contributed by atoms with Gasteiger partial charge in [-0.25, -0.2) is 0 Å². The fourth-order valence-corrected chi connectivity index (χ4v) is 5.36. The third-order valence-electron chi connectivity index (χ3n) is 7.50. The van der Waals surface area contributed by atoms with Crippen molar-refractivity contribution < 1.29 is 0 Å². The Labute approximate surface area is 208 Å². The molecule has 182 valence electrons. The van der Waals surface area contributed by atoms with Crippen molar-refractivity contribution >= 4 is 11.9 Å². The van der Waals surface area contributed by atoms with Crippen LogP contribution in [0.25, 0.3) is 0 Å². The highest BCUT2D eigenvalue weighted by atomic mass is 15.2. The maximum Gasteiger partial charge on any atom is 0.0733 e. The number of aryl methyl sites for hydroxylation is 1. The zero-order chi connectivity index (χ0) is 24.0. The summed E-state index contributed by atoms with van der Waals surface area (Å²) < 4.78 is 0. The van der Waals surface area contributed by atoms with Gasteiger partial charge in [-0.2, -0.15) is 10.2 Å². The first-order valence-corrected chi connectivity index (χ1v) is 13.6. The highest BCUT2D eigenvalue weighted by Gasteiger charge is 2.28. The lowest BCUT2D eigenvalue weighted by molar-refractivity contribution is 0.232. The first-order valence-electron chi connectivity index (χ1n) is 13.6. The molecule has 2 heteroatoms. The maximum atomic E-state index is 4.80. The van der Waals surface area contributed by atoms with E-state index >= 15 is 0 Å². The molecule has 0 aliphatic heterocycles. The van der Waals surface area contributed by atoms with Gasteiger partial charge < -0.3 is 0 Å². The van der Waals surface area contributed by atoms with E-state index in [1.807, 2.05) is 12.3 Å². The number of hydrogen-bond acceptors (Lipinski definition) is 2. The third kappa shape index (κ3) is 8.38. The number of unbranched alkanes of at least 4 members (excludes halogenated alkanes) is 3. The van der Waals surface area contributed by atoms with Crippen molar-refractivity contribution in [2.45, 2.75) is 84.5 Å². The molecule has 1 aliphatic rings. The maximum absolute atomic E-state index is 4.80. The van der Waals surface area contributed by atoms with E-state index in [0.29, 0.717) is 5.92 Å². The van der Waals surface area contributed by atoms with Crippen LogP contribution in [0.1, 0.15) is 94.7 Å². The van der Waals surface area contributed by atoms with Gasteiger partial charge in [-0.15, -0.1) is 6.58 Å². The smallest absolute Gasteiger partial charge is 0.0733 e. The van der Waals surface area contributed by atoms with Gasteiger partial charge in [0.05, 0.1) is 11.9 Å². The predicted molar refractivity (Wildman–Crippen MR) is 149 cm³/mol. The first-order chi connectivity index (χ1) is 16.7. The molecule has 2 aromatic carbocycles. The van der Waals surface area contributed by atoms with Crippen LogP contribution in [0.4, 0.5) is 0 Å². The molecule has 3 rings (SSSR count). The monoisotopic (exact) mass is 456 g/mol. The van der Waals surface area contributed by atoms with Crippen molar-refractivity contribution in [2.24, 2.45) is 28.0 Å². The molecule has 0 amide bonds. The quantitative estimate of drug-likeness (QED) is 0.124. The van der Waals surface area contributed by atoms with Crippen LogP contribution in [0.15, 0.2) is 77.5 Å². The Morgan fingerprint density at radius 1 is 0.971 bits per heavy atom. The molecule has 0 aromatic heterocycles. The molecule has 0 spiro atoms. The lowest BCUT2D eigenvalue weighted by atomic mass is 9.73. The predicted octanol–water partition coefficient (Wildman–Crippen LogP) is 9.04. The summed E-state index contributed by atoms with van der Waals surface area (Å²) in [6.07, 6.45) is 17.7. The minimum atomic E-state index is 0.507. The molecule has 1 fully saturated rings. The lowest BCUT2D eigenvalue weighted by Crippen LogP contribution is -2.25. The van der Waals surface area contributed by atoms with Gasteiger partial charge in [0.25, 0.3) is 0 Å². The van der Waals surface area contributed by atoms with Crippen molar-refractivity contribution in [2.75, 3.05) is 0 Å². The van der Waals surface area contributed by atoms with Crippen LogP contribution in [0, 0.1) is 17.8 Å². The van der Waals surface area contributed by atoms with Crippen molar-refractivity contribution in [3.63, 3.8) is 0 Å². The van der Waals surface area contributed by atoms with Gasteiger partial charge in [-0.05, 0) is 79.9 Å². The van der Waals surface area contributed by atoms with Crippen LogP contribution >= 0.6 is 0 Å². The molecular weight excluding hydrogens is 412 g/mol. The molecule has 1 unspecified atom stereocenters. The fourth-order valence-electron chi connectivity index (χ4n) is 5.36. The Balaban J connectivity index is 1.62. The molecule has 0 bridgehead atoms. The molecule has 1 saturated carbocycles. The van der Waals surface area contributed by atoms with Gasteiger partial charge in [-0.1, -0.05) is 93.8 Å². The topological polar surface area (TPSA) is 24.7 Å². The summed E-state index contributed by atoms with van der Waals surface area (Å²) >= 11 is 0. The van der Waals surface area contributed by atoms with Crippen molar-refractivity contribution in [1.29, 1.82) is 0 Å². The molecular formula is C32H44N2. The molecule has 1 atom stereocenters. The van der Waals surface area contributed by atoms with Crippen molar-refractivity contribution in [1.82, 2.24) is 0 Å². The summed E-state index contributed by atoms with van der Waals surface area (Å²) in [6.45, 7) is 8.55. The Bertz CT molecular complexity index is 886. The van der Waals surface area contributed by atoms with E-state index in [-0.39, 0.29) is 0 Å². The number of nitrogens with zero attached hydrogens (tertiary/aromatic N) is 2. The first kappa shape index (κ1) is 26.1. The molecule has 2 aromatic rings. The van der Waals surface area contributed by atoms with Gasteiger partial charge in [0.2, 0.25) is 0 Å². The highest BCUT2D eigenvalue weighted by molar-refractivity contribution is 6.02. The Morgan fingerprint density at radius 3 is 2.38 bits per heavy atom. The zero-order valence-electron chi connectivity index (χ0n) is 21.5. The molecule has 1 aliphatic carbocycles. The minimum Gasteiger partial charge on any atom is -0.158 e. The second-order valence-electron chi connectivity index (χ2n) is 10.1. The third-order valence-corrected chi connectivity index (χ3v) is 7.50. The summed E-state index contributed by atoms with van der Waals surface area (Å²) in [4.78, 5) is 0. The van der Waals surface area contributed by atoms with E-state index in [1.165, 1.54) is 68.9 Å². The Kier molecular flexibility index (Phi) is 11.3. The number of benzene rings is 2. The summed E-state index contributed by atoms with van der Waals surface area (Å²) in [5.41, 5.74) is 4.90. The number of allylic oxidation sites excluding steroid dienone is 1. The van der Waals surface area contributed by atoms with E-state index < -0.39 is 0 Å². The van der Waals surface area contributed by atoms with E-state index in [9.17, 15) is 0 Å². The minimum absolute atomic E-state index is 0.507. The Morgan fingerprint density at radius 2 is 1.71 bits per heavy atom. The lowest BCUT2D eigenvalue weighted by Gasteiger charge is -2.32. The van der Waals surface area contributed by atoms with Crippen LogP contribution < -0.4 is 0 Å². The largest absolute Gasteiger partial charge is 0.158 e. The van der Waals surface area contributed by atoms with E-state index in [0.717, 1.165) is 36.0 Å². The molecule has 0 N–H and O–H groups in total. The summed E-state index contributed by atoms with van der Waals surface area (Å²) in [7, 11) is 0. The standard InChI is InChI=1S/C32H44N2/c1-4-6-7-8-10-14-27-17-19-28(20-18-27)25-33-34-32(30-15-11-9-12-16-30)31-23-21-29(22-24-31)26(3)13-5-2/h4,9,11-12,15-20,25-26,29,31H,1,5-8,10,13-14,21-24H2,2-3H3/t26?,29-,31-. The normalized spacial score (nSPS) is 19.9. The second-order valence-corrected chi connectivity index (χ2v) is 10.1. The van der Waals surface area contributed by atoms with Gasteiger partial charge >= 0.3 is 0 Å². The molecule has 0 radical (unpaired) electrons. The zero-order valence-corrected chi connectivity index (χ0v) is 21.5. The summed E-state index contributed by atoms with van der Waals surface area (Å²) in [5, 5.41) is 9.35. The molecule has 0 saturated heterocycles. The van der Waals surface area contributed by atoms with Gasteiger partial charge in [0.15, 0.2) is 0 Å². The number of hydrogen-bond donors (Lipinski definition) is 0. The van der Waals surface area contributed by atoms with Crippen molar-refractivity contribution in [3.05, 3.63) is 83.9 Å². The molecule has 2 nitrogen and oxygen atoms in total. The molecule has 0 heterocycles. The van der Waals surface area contributed by atoms with Crippen LogP contribution in [0.3, 0.4) is 0 Å². The average Bonchev–Trinajstić information content (AvgIpc) is 2.88. The van der Waals surface area contributed by atoms with Gasteiger partial charge in [0.1, 0.15) is 0 Å². The molecule has 34 heavy (non-hydrogen) atoms. The SMILES string of the molecule is C=CCCCCCc1ccc(C=NN=C(c2ccccc2)[C@H]2CC[C@H](C(C)CCC)CC2)cc1. The summed E-state index contributed by atoms with van der Waals surface area (Å²) in [6, 6.07) is 19.5. The van der Waals surface area contributed by atoms with Gasteiger partial charge in [-0.3, -0.25) is 0 Å². The number of rotatable bonds is 13. The van der Waals surface area contributed by atoms with E-state index in [2.05, 4.69) is 80.1 Å². The fraction of sp³-hybridized carbons (Fsp3) is 0.500. The van der Waals surface area contributed by atoms with Crippen LogP contribution in [0.2, 0.25) is 0 Å². The van der Waals surface area contributed by atoms with Crippen LogP contribution in [0.5, 0.6) is 0 Å². The second kappa shape index (κ2) is 14.7. The van der Waals surface area contributed by atoms with E-state index in [1.54, 1.807) is 0 Å². The van der Waals surface area contributed by atoms with Crippen LogP contribution in [-0.4, -0.2) is 11.9 Å². The van der Waals surface area contributed by atoms with Gasteiger partial charge in [0, 0.05) is 5.92 Å². The van der Waals surface area contributed by atoms with Crippen LogP contribution in [-0.2, 0) is 6.42 Å².